The largest absolute Gasteiger partial charge is 0.495 e. The van der Waals surface area contributed by atoms with Gasteiger partial charge in [0, 0.05) is 10.7 Å². The van der Waals surface area contributed by atoms with Crippen LogP contribution in [0.15, 0.2) is 42.5 Å². The number of amides is 2. The lowest BCUT2D eigenvalue weighted by Crippen LogP contribution is -2.43. The zero-order valence-electron chi connectivity index (χ0n) is 13.1. The summed E-state index contributed by atoms with van der Waals surface area (Å²) in [6.45, 7) is 3.83. The Morgan fingerprint density at radius 1 is 1.09 bits per heavy atom. The standard InChI is InChI=1S/C17H18Cl2N2O2/c1-17(2,11-4-6-12(18)7-5-11)21-16(22)20-13-8-9-15(23-3)14(19)10-13/h4-10H,1-3H3,(H2,20,21,22). The molecular weight excluding hydrogens is 335 g/mol. The predicted octanol–water partition coefficient (Wildman–Crippen LogP) is 5.06. The van der Waals surface area contributed by atoms with E-state index in [4.69, 9.17) is 27.9 Å². The Kier molecular flexibility index (Phi) is 5.39. The first-order valence-corrected chi connectivity index (χ1v) is 7.76. The third kappa shape index (κ3) is 4.53. The number of benzene rings is 2. The molecule has 0 aliphatic carbocycles. The van der Waals surface area contributed by atoms with Crippen molar-refractivity contribution in [2.24, 2.45) is 0 Å². The lowest BCUT2D eigenvalue weighted by molar-refractivity contribution is 0.242. The molecule has 0 unspecified atom stereocenters. The first kappa shape index (κ1) is 17.4. The molecule has 0 bridgehead atoms. The molecule has 0 saturated heterocycles. The van der Waals surface area contributed by atoms with Gasteiger partial charge in [-0.2, -0.15) is 0 Å². The van der Waals surface area contributed by atoms with Crippen molar-refractivity contribution in [3.8, 4) is 5.75 Å². The SMILES string of the molecule is COc1ccc(NC(=O)NC(C)(C)c2ccc(Cl)cc2)cc1Cl. The van der Waals surface area contributed by atoms with Crippen LogP contribution in [-0.2, 0) is 5.54 Å². The van der Waals surface area contributed by atoms with Crippen molar-refractivity contribution in [3.63, 3.8) is 0 Å². The van der Waals surface area contributed by atoms with Crippen molar-refractivity contribution in [2.45, 2.75) is 19.4 Å². The van der Waals surface area contributed by atoms with E-state index in [0.717, 1.165) is 5.56 Å². The van der Waals surface area contributed by atoms with Crippen LogP contribution in [0.5, 0.6) is 5.75 Å². The molecule has 2 aromatic rings. The van der Waals surface area contributed by atoms with Gasteiger partial charge in [-0.25, -0.2) is 4.79 Å². The van der Waals surface area contributed by atoms with E-state index >= 15 is 0 Å². The lowest BCUT2D eigenvalue weighted by Gasteiger charge is -2.27. The predicted molar refractivity (Wildman–Crippen MR) is 94.6 cm³/mol. The molecule has 0 saturated carbocycles. The number of carbonyl (C=O) groups is 1. The Morgan fingerprint density at radius 3 is 2.30 bits per heavy atom. The Labute approximate surface area is 145 Å². The van der Waals surface area contributed by atoms with Crippen LogP contribution in [0, 0.1) is 0 Å². The zero-order valence-corrected chi connectivity index (χ0v) is 14.6. The zero-order chi connectivity index (χ0) is 17.0. The van der Waals surface area contributed by atoms with E-state index in [1.54, 1.807) is 30.3 Å². The van der Waals surface area contributed by atoms with Gasteiger partial charge >= 0.3 is 6.03 Å². The summed E-state index contributed by atoms with van der Waals surface area (Å²) in [6, 6.07) is 12.1. The van der Waals surface area contributed by atoms with E-state index in [-0.39, 0.29) is 6.03 Å². The van der Waals surface area contributed by atoms with Crippen molar-refractivity contribution in [2.75, 3.05) is 12.4 Å². The number of urea groups is 1. The Balaban J connectivity index is 2.06. The van der Waals surface area contributed by atoms with Crippen LogP contribution in [-0.4, -0.2) is 13.1 Å². The lowest BCUT2D eigenvalue weighted by atomic mass is 9.94. The van der Waals surface area contributed by atoms with Gasteiger partial charge in [0.05, 0.1) is 17.7 Å². The van der Waals surface area contributed by atoms with Gasteiger partial charge in [0.25, 0.3) is 0 Å². The van der Waals surface area contributed by atoms with Gasteiger partial charge in [-0.15, -0.1) is 0 Å². The van der Waals surface area contributed by atoms with Crippen LogP contribution < -0.4 is 15.4 Å². The number of ether oxygens (including phenoxy) is 1. The molecule has 6 heteroatoms. The van der Waals surface area contributed by atoms with Crippen molar-refractivity contribution in [1.29, 1.82) is 0 Å². The number of hydrogen-bond acceptors (Lipinski definition) is 2. The number of halogens is 2. The highest BCUT2D eigenvalue weighted by Crippen LogP contribution is 2.27. The fourth-order valence-corrected chi connectivity index (χ4v) is 2.51. The number of methoxy groups -OCH3 is 1. The van der Waals surface area contributed by atoms with Crippen LogP contribution in [0.2, 0.25) is 10.0 Å². The van der Waals surface area contributed by atoms with E-state index in [1.807, 2.05) is 26.0 Å². The van der Waals surface area contributed by atoms with E-state index in [9.17, 15) is 4.79 Å². The molecule has 2 aromatic carbocycles. The quantitative estimate of drug-likeness (QED) is 0.807. The molecule has 0 heterocycles. The molecule has 122 valence electrons. The van der Waals surface area contributed by atoms with E-state index in [0.29, 0.717) is 21.5 Å². The van der Waals surface area contributed by atoms with Crippen molar-refractivity contribution in [3.05, 3.63) is 58.1 Å². The summed E-state index contributed by atoms with van der Waals surface area (Å²) in [4.78, 5) is 12.2. The van der Waals surface area contributed by atoms with Gasteiger partial charge in [0.1, 0.15) is 5.75 Å². The molecule has 0 aliphatic heterocycles. The average Bonchev–Trinajstić information content (AvgIpc) is 2.47. The molecule has 0 atom stereocenters. The van der Waals surface area contributed by atoms with Crippen LogP contribution in [0.3, 0.4) is 0 Å². The minimum Gasteiger partial charge on any atom is -0.495 e. The van der Waals surface area contributed by atoms with Crippen molar-refractivity contribution < 1.29 is 9.53 Å². The van der Waals surface area contributed by atoms with Crippen molar-refractivity contribution >= 4 is 34.9 Å². The van der Waals surface area contributed by atoms with E-state index < -0.39 is 5.54 Å². The second kappa shape index (κ2) is 7.11. The summed E-state index contributed by atoms with van der Waals surface area (Å²) in [6.07, 6.45) is 0. The highest BCUT2D eigenvalue weighted by atomic mass is 35.5. The maximum absolute atomic E-state index is 12.2. The van der Waals surface area contributed by atoms with E-state index in [1.165, 1.54) is 7.11 Å². The third-order valence-electron chi connectivity index (χ3n) is 3.40. The van der Waals surface area contributed by atoms with Gasteiger partial charge in [-0.3, -0.25) is 0 Å². The van der Waals surface area contributed by atoms with Crippen LogP contribution in [0.4, 0.5) is 10.5 Å². The van der Waals surface area contributed by atoms with E-state index in [2.05, 4.69) is 10.6 Å². The Morgan fingerprint density at radius 2 is 1.74 bits per heavy atom. The summed E-state index contributed by atoms with van der Waals surface area (Å²) in [7, 11) is 1.54. The van der Waals surface area contributed by atoms with Crippen molar-refractivity contribution in [1.82, 2.24) is 5.32 Å². The average molecular weight is 353 g/mol. The van der Waals surface area contributed by atoms with Crippen LogP contribution >= 0.6 is 23.2 Å². The van der Waals surface area contributed by atoms with Gasteiger partial charge < -0.3 is 15.4 Å². The van der Waals surface area contributed by atoms with Crippen LogP contribution in [0.25, 0.3) is 0 Å². The molecule has 23 heavy (non-hydrogen) atoms. The smallest absolute Gasteiger partial charge is 0.319 e. The molecule has 0 aromatic heterocycles. The fraction of sp³-hybridized carbons (Fsp3) is 0.235. The summed E-state index contributed by atoms with van der Waals surface area (Å²) in [5.41, 5.74) is 0.982. The van der Waals surface area contributed by atoms with Crippen LogP contribution in [0.1, 0.15) is 19.4 Å². The number of anilines is 1. The van der Waals surface area contributed by atoms with Gasteiger partial charge in [0.15, 0.2) is 0 Å². The summed E-state index contributed by atoms with van der Waals surface area (Å²) < 4.78 is 5.08. The van der Waals surface area contributed by atoms with Gasteiger partial charge in [-0.05, 0) is 49.7 Å². The Bertz CT molecular complexity index is 700. The molecule has 2 amide bonds. The molecule has 0 fully saturated rings. The number of carbonyl (C=O) groups excluding carboxylic acids is 1. The summed E-state index contributed by atoms with van der Waals surface area (Å²) in [5.74, 6) is 0.555. The number of rotatable bonds is 4. The van der Waals surface area contributed by atoms with Gasteiger partial charge in [0.2, 0.25) is 0 Å². The summed E-state index contributed by atoms with van der Waals surface area (Å²) >= 11 is 11.9. The maximum Gasteiger partial charge on any atom is 0.319 e. The number of hydrogen-bond donors (Lipinski definition) is 2. The topological polar surface area (TPSA) is 50.4 Å². The normalized spacial score (nSPS) is 11.0. The fourth-order valence-electron chi connectivity index (χ4n) is 2.13. The summed E-state index contributed by atoms with van der Waals surface area (Å²) in [5, 5.41) is 6.76. The molecular formula is C17H18Cl2N2O2. The Hall–Kier alpha value is -1.91. The maximum atomic E-state index is 12.2. The number of nitrogens with one attached hydrogen (secondary N) is 2. The van der Waals surface area contributed by atoms with Gasteiger partial charge in [-0.1, -0.05) is 35.3 Å². The first-order chi connectivity index (χ1) is 10.8. The minimum atomic E-state index is -0.551. The highest BCUT2D eigenvalue weighted by molar-refractivity contribution is 6.32. The highest BCUT2D eigenvalue weighted by Gasteiger charge is 2.22. The second-order valence-corrected chi connectivity index (χ2v) is 6.40. The molecule has 0 spiro atoms. The molecule has 0 aliphatic rings. The monoisotopic (exact) mass is 352 g/mol. The molecule has 4 nitrogen and oxygen atoms in total. The molecule has 2 rings (SSSR count). The third-order valence-corrected chi connectivity index (χ3v) is 3.95. The minimum absolute atomic E-state index is 0.328. The molecule has 2 N–H and O–H groups in total. The second-order valence-electron chi connectivity index (χ2n) is 5.56. The first-order valence-electron chi connectivity index (χ1n) is 7.00. The molecule has 0 radical (unpaired) electrons.